The maximum atomic E-state index is 10.3. The van der Waals surface area contributed by atoms with Gasteiger partial charge in [-0.05, 0) is 0 Å². The first kappa shape index (κ1) is 16.6. The standard InChI is InChI=1S/C9H16N8O3S/c1-12-6(4-17(18)19)13-2-3-21-5-7-14-9(20-16-7)15-8(10)11/h4,12-13H,2-3,5H2,1H3,(H4,10,11,14,15,16)/b6-4+. The predicted octanol–water partition coefficient (Wildman–Crippen LogP) is -0.507. The van der Waals surface area contributed by atoms with Gasteiger partial charge in [-0.1, -0.05) is 5.16 Å². The van der Waals surface area contributed by atoms with Crippen molar-refractivity contribution >= 4 is 23.7 Å². The lowest BCUT2D eigenvalue weighted by atomic mass is 10.6. The van der Waals surface area contributed by atoms with Crippen LogP contribution in [0.1, 0.15) is 5.82 Å². The summed E-state index contributed by atoms with van der Waals surface area (Å²) in [4.78, 5) is 13.8. The summed E-state index contributed by atoms with van der Waals surface area (Å²) in [5.41, 5.74) is 5.12. The highest BCUT2D eigenvalue weighted by atomic mass is 32.2. The number of anilines is 1. The Morgan fingerprint density at radius 2 is 2.43 bits per heavy atom. The van der Waals surface area contributed by atoms with Crippen LogP contribution in [0.4, 0.5) is 6.01 Å². The van der Waals surface area contributed by atoms with Crippen LogP contribution in [0.3, 0.4) is 0 Å². The summed E-state index contributed by atoms with van der Waals surface area (Å²) in [6.07, 6.45) is 0.865. The summed E-state index contributed by atoms with van der Waals surface area (Å²) in [5, 5.41) is 29.0. The van der Waals surface area contributed by atoms with Crippen LogP contribution in [0.5, 0.6) is 0 Å². The van der Waals surface area contributed by atoms with E-state index in [0.29, 0.717) is 29.7 Å². The molecule has 0 aliphatic carbocycles. The first-order chi connectivity index (χ1) is 10.0. The summed E-state index contributed by atoms with van der Waals surface area (Å²) < 4.78 is 4.82. The first-order valence-electron chi connectivity index (χ1n) is 5.79. The van der Waals surface area contributed by atoms with Gasteiger partial charge >= 0.3 is 6.01 Å². The summed E-state index contributed by atoms with van der Waals surface area (Å²) >= 11 is 1.52. The Kier molecular flexibility index (Phi) is 6.80. The van der Waals surface area contributed by atoms with E-state index in [9.17, 15) is 10.1 Å². The molecule has 1 rings (SSSR count). The summed E-state index contributed by atoms with van der Waals surface area (Å²) in [6, 6.07) is 0.0719. The van der Waals surface area contributed by atoms with Crippen molar-refractivity contribution in [3.05, 3.63) is 28.0 Å². The van der Waals surface area contributed by atoms with Gasteiger partial charge in [0.2, 0.25) is 0 Å². The fourth-order valence-electron chi connectivity index (χ4n) is 1.20. The quantitative estimate of drug-likeness (QED) is 0.131. The van der Waals surface area contributed by atoms with Crippen LogP contribution in [0.25, 0.3) is 0 Å². The van der Waals surface area contributed by atoms with E-state index in [2.05, 4.69) is 26.1 Å². The third kappa shape index (κ3) is 7.00. The lowest BCUT2D eigenvalue weighted by molar-refractivity contribution is -0.404. The van der Waals surface area contributed by atoms with E-state index in [0.717, 1.165) is 6.20 Å². The number of rotatable bonds is 9. The highest BCUT2D eigenvalue weighted by molar-refractivity contribution is 7.98. The molecule has 1 aromatic rings. The Hall–Kier alpha value is -2.50. The number of aromatic nitrogens is 2. The van der Waals surface area contributed by atoms with Gasteiger partial charge in [0.15, 0.2) is 17.6 Å². The highest BCUT2D eigenvalue weighted by Crippen LogP contribution is 2.10. The second-order valence-corrected chi connectivity index (χ2v) is 4.72. The molecule has 0 aromatic carbocycles. The zero-order valence-corrected chi connectivity index (χ0v) is 12.1. The van der Waals surface area contributed by atoms with Gasteiger partial charge in [-0.15, -0.1) is 0 Å². The maximum absolute atomic E-state index is 10.3. The first-order valence-corrected chi connectivity index (χ1v) is 6.95. The van der Waals surface area contributed by atoms with E-state index >= 15 is 0 Å². The molecule has 0 bridgehead atoms. The lowest BCUT2D eigenvalue weighted by Crippen LogP contribution is -2.26. The molecular formula is C9H16N8O3S. The van der Waals surface area contributed by atoms with Gasteiger partial charge in [0, 0.05) is 19.3 Å². The molecule has 0 aliphatic heterocycles. The van der Waals surface area contributed by atoms with Gasteiger partial charge in [-0.25, -0.2) is 0 Å². The van der Waals surface area contributed by atoms with Crippen LogP contribution in [-0.4, -0.2) is 40.4 Å². The Bertz CT molecular complexity index is 517. The molecule has 0 saturated carbocycles. The third-order valence-electron chi connectivity index (χ3n) is 2.01. The summed E-state index contributed by atoms with van der Waals surface area (Å²) in [5.74, 6) is 1.74. The molecule has 11 nitrogen and oxygen atoms in total. The molecule has 0 atom stereocenters. The molecule has 0 spiro atoms. The zero-order valence-electron chi connectivity index (χ0n) is 11.3. The van der Waals surface area contributed by atoms with Gasteiger partial charge in [0.1, 0.15) is 0 Å². The van der Waals surface area contributed by atoms with Crippen molar-refractivity contribution in [3.8, 4) is 0 Å². The van der Waals surface area contributed by atoms with E-state index in [4.69, 9.17) is 15.7 Å². The molecular weight excluding hydrogens is 300 g/mol. The van der Waals surface area contributed by atoms with Crippen molar-refractivity contribution in [2.45, 2.75) is 5.75 Å². The average molecular weight is 316 g/mol. The van der Waals surface area contributed by atoms with Crippen molar-refractivity contribution in [2.24, 2.45) is 5.73 Å². The van der Waals surface area contributed by atoms with Crippen molar-refractivity contribution in [3.63, 3.8) is 0 Å². The number of guanidine groups is 1. The molecule has 6 N–H and O–H groups in total. The van der Waals surface area contributed by atoms with Crippen LogP contribution >= 0.6 is 11.8 Å². The van der Waals surface area contributed by atoms with Crippen LogP contribution in [0.2, 0.25) is 0 Å². The number of thioether (sulfide) groups is 1. The molecule has 21 heavy (non-hydrogen) atoms. The zero-order chi connectivity index (χ0) is 15.7. The normalized spacial score (nSPS) is 11.0. The van der Waals surface area contributed by atoms with Crippen LogP contribution in [-0.2, 0) is 5.75 Å². The molecule has 12 heteroatoms. The van der Waals surface area contributed by atoms with Crippen molar-refractivity contribution < 1.29 is 9.45 Å². The van der Waals surface area contributed by atoms with Crippen LogP contribution in [0, 0.1) is 15.5 Å². The van der Waals surface area contributed by atoms with Gasteiger partial charge in [-0.2, -0.15) is 16.7 Å². The Morgan fingerprint density at radius 3 is 3.05 bits per heavy atom. The van der Waals surface area contributed by atoms with E-state index in [-0.39, 0.29) is 12.0 Å². The summed E-state index contributed by atoms with van der Waals surface area (Å²) in [7, 11) is 1.60. The number of nitrogens with one attached hydrogen (secondary N) is 4. The summed E-state index contributed by atoms with van der Waals surface area (Å²) in [6.45, 7) is 0.543. The van der Waals surface area contributed by atoms with Gasteiger partial charge in [-0.3, -0.25) is 20.8 Å². The minimum Gasteiger partial charge on any atom is -0.370 e. The Morgan fingerprint density at radius 1 is 1.67 bits per heavy atom. The number of hydrogen-bond acceptors (Lipinski definition) is 9. The highest BCUT2D eigenvalue weighted by Gasteiger charge is 2.06. The molecule has 116 valence electrons. The minimum absolute atomic E-state index is 0.0719. The van der Waals surface area contributed by atoms with E-state index in [1.54, 1.807) is 7.05 Å². The van der Waals surface area contributed by atoms with E-state index in [1.807, 2.05) is 0 Å². The fourth-order valence-corrected chi connectivity index (χ4v) is 1.89. The number of nitro groups is 1. The molecule has 1 heterocycles. The van der Waals surface area contributed by atoms with E-state index in [1.165, 1.54) is 11.8 Å². The van der Waals surface area contributed by atoms with E-state index < -0.39 is 4.92 Å². The van der Waals surface area contributed by atoms with Crippen LogP contribution < -0.4 is 21.7 Å². The predicted molar refractivity (Wildman–Crippen MR) is 78.1 cm³/mol. The fraction of sp³-hybridized carbons (Fsp3) is 0.444. The lowest BCUT2D eigenvalue weighted by Gasteiger charge is -2.06. The topological polar surface area (TPSA) is 168 Å². The maximum Gasteiger partial charge on any atom is 0.328 e. The number of nitrogens with zero attached hydrogens (tertiary/aromatic N) is 3. The van der Waals surface area contributed by atoms with Crippen LogP contribution in [0.15, 0.2) is 16.5 Å². The second kappa shape index (κ2) is 8.63. The van der Waals surface area contributed by atoms with Crippen molar-refractivity contribution in [1.82, 2.24) is 20.8 Å². The van der Waals surface area contributed by atoms with Gasteiger partial charge in [0.25, 0.3) is 6.20 Å². The Balaban J connectivity index is 2.23. The molecule has 0 amide bonds. The Labute approximate surface area is 124 Å². The third-order valence-corrected chi connectivity index (χ3v) is 2.96. The molecule has 0 unspecified atom stereocenters. The molecule has 1 aromatic heterocycles. The van der Waals surface area contributed by atoms with Gasteiger partial charge < -0.3 is 20.9 Å². The number of hydrogen-bond donors (Lipinski definition) is 5. The average Bonchev–Trinajstić information content (AvgIpc) is 2.83. The number of nitrogens with two attached hydrogens (primary N) is 1. The largest absolute Gasteiger partial charge is 0.370 e. The van der Waals surface area contributed by atoms with Crippen molar-refractivity contribution in [1.29, 1.82) is 5.41 Å². The smallest absolute Gasteiger partial charge is 0.328 e. The minimum atomic E-state index is -0.533. The SMILES string of the molecule is CN/C(=C\[N+](=O)[O-])NCCSCc1noc(NC(=N)N)n1. The molecule has 0 radical (unpaired) electrons. The molecule has 0 aliphatic rings. The van der Waals surface area contributed by atoms with Gasteiger partial charge in [0.05, 0.1) is 10.7 Å². The monoisotopic (exact) mass is 316 g/mol. The molecule has 0 saturated heterocycles. The molecule has 0 fully saturated rings. The second-order valence-electron chi connectivity index (χ2n) is 3.61. The van der Waals surface area contributed by atoms with Crippen molar-refractivity contribution in [2.75, 3.05) is 24.7 Å².